The number of hydrogen-bond donors (Lipinski definition) is 0. The predicted molar refractivity (Wildman–Crippen MR) is 121 cm³/mol. The van der Waals surface area contributed by atoms with Crippen molar-refractivity contribution >= 4 is 5.97 Å². The molecule has 2 bridgehead atoms. The molecule has 8 nitrogen and oxygen atoms in total. The maximum atomic E-state index is 11.9. The number of fused-ring (bicyclic) bond motifs is 2. The first-order chi connectivity index (χ1) is 16.3. The molecule has 1 saturated carbocycles. The van der Waals surface area contributed by atoms with Crippen LogP contribution in [0.5, 0.6) is 11.5 Å². The molecule has 0 radical (unpaired) electrons. The normalized spacial score (nSPS) is 41.7. The van der Waals surface area contributed by atoms with Gasteiger partial charge in [-0.1, -0.05) is 19.9 Å². The van der Waals surface area contributed by atoms with Gasteiger partial charge in [0.25, 0.3) is 0 Å². The molecule has 1 aromatic carbocycles. The molecule has 5 aliphatic rings. The molecule has 3 unspecified atom stereocenters. The average Bonchev–Trinajstić information content (AvgIpc) is 3.03. The maximum Gasteiger partial charge on any atom is 0.347 e. The van der Waals surface area contributed by atoms with Crippen molar-refractivity contribution in [3.63, 3.8) is 0 Å². The van der Waals surface area contributed by atoms with Crippen molar-refractivity contribution in [3.05, 3.63) is 24.3 Å². The van der Waals surface area contributed by atoms with Crippen LogP contribution in [0.15, 0.2) is 24.3 Å². The van der Waals surface area contributed by atoms with Crippen LogP contribution >= 0.6 is 0 Å². The molecule has 34 heavy (non-hydrogen) atoms. The Morgan fingerprint density at radius 1 is 1.15 bits per heavy atom. The second-order valence-electron chi connectivity index (χ2n) is 10.4. The molecular formula is C26H36O8. The molecule has 1 spiro atoms. The second kappa shape index (κ2) is 8.97. The molecule has 1 aliphatic carbocycles. The molecule has 0 amide bonds. The minimum absolute atomic E-state index is 0.0592. The van der Waals surface area contributed by atoms with E-state index in [4.69, 9.17) is 33.5 Å². The minimum Gasteiger partial charge on any atom is -0.479 e. The molecule has 6 rings (SSSR count). The van der Waals surface area contributed by atoms with Gasteiger partial charge in [0.05, 0.1) is 6.61 Å². The number of benzene rings is 1. The standard InChI is InChI=1S/C26H36O8/c1-6-28-22(27)17(4)29-18-8-7-9-19(14-18)30-23-16(3)21-11-10-15(2)20-12-13-25(5)32-24(31-23)26(20,21)34-33-25/h7-9,14-17,20-21,23-24H,6,10-13H2,1-5H3/t15-,16-,17?,20?,21?,23-,24-,25+,26-/m1/s1. The van der Waals surface area contributed by atoms with Crippen LogP contribution < -0.4 is 9.47 Å². The lowest BCUT2D eigenvalue weighted by Crippen LogP contribution is -2.70. The molecule has 4 heterocycles. The Balaban J connectivity index is 1.35. The summed E-state index contributed by atoms with van der Waals surface area (Å²) in [4.78, 5) is 24.0. The highest BCUT2D eigenvalue weighted by molar-refractivity contribution is 5.74. The summed E-state index contributed by atoms with van der Waals surface area (Å²) >= 11 is 0. The van der Waals surface area contributed by atoms with Crippen LogP contribution in [-0.2, 0) is 28.8 Å². The lowest BCUT2D eigenvalue weighted by atomic mass is 9.58. The number of rotatable bonds is 6. The van der Waals surface area contributed by atoms with E-state index in [1.807, 2.05) is 19.1 Å². The van der Waals surface area contributed by atoms with Crippen LogP contribution in [-0.4, -0.2) is 42.6 Å². The average molecular weight is 477 g/mol. The number of ether oxygens (including phenoxy) is 5. The summed E-state index contributed by atoms with van der Waals surface area (Å²) in [5, 5.41) is 0. The van der Waals surface area contributed by atoms with E-state index in [-0.39, 0.29) is 11.8 Å². The van der Waals surface area contributed by atoms with E-state index in [0.29, 0.717) is 29.9 Å². The zero-order chi connectivity index (χ0) is 24.1. The third kappa shape index (κ3) is 3.98. The van der Waals surface area contributed by atoms with E-state index >= 15 is 0 Å². The van der Waals surface area contributed by atoms with Gasteiger partial charge in [-0.3, -0.25) is 0 Å². The Morgan fingerprint density at radius 3 is 2.74 bits per heavy atom. The van der Waals surface area contributed by atoms with Gasteiger partial charge < -0.3 is 23.7 Å². The van der Waals surface area contributed by atoms with Gasteiger partial charge in [0.2, 0.25) is 12.1 Å². The quantitative estimate of drug-likeness (QED) is 0.435. The van der Waals surface area contributed by atoms with Crippen molar-refractivity contribution in [2.75, 3.05) is 6.61 Å². The Morgan fingerprint density at radius 2 is 1.94 bits per heavy atom. The summed E-state index contributed by atoms with van der Waals surface area (Å²) in [6, 6.07) is 7.24. The van der Waals surface area contributed by atoms with Gasteiger partial charge in [0, 0.05) is 24.3 Å². The monoisotopic (exact) mass is 476 g/mol. The van der Waals surface area contributed by atoms with Crippen molar-refractivity contribution in [2.24, 2.45) is 23.7 Å². The van der Waals surface area contributed by atoms with Crippen molar-refractivity contribution in [1.82, 2.24) is 0 Å². The molecular weight excluding hydrogens is 440 g/mol. The molecule has 9 atom stereocenters. The first-order valence-corrected chi connectivity index (χ1v) is 12.6. The fourth-order valence-corrected chi connectivity index (χ4v) is 6.27. The van der Waals surface area contributed by atoms with Gasteiger partial charge in [-0.05, 0) is 64.0 Å². The van der Waals surface area contributed by atoms with E-state index in [9.17, 15) is 4.79 Å². The zero-order valence-corrected chi connectivity index (χ0v) is 20.7. The molecule has 0 aromatic heterocycles. The van der Waals surface area contributed by atoms with Crippen LogP contribution in [0.1, 0.15) is 60.3 Å². The van der Waals surface area contributed by atoms with Crippen LogP contribution in [0.3, 0.4) is 0 Å². The van der Waals surface area contributed by atoms with E-state index < -0.39 is 36.0 Å². The van der Waals surface area contributed by atoms with Gasteiger partial charge >= 0.3 is 5.97 Å². The number of carbonyl (C=O) groups is 1. The fraction of sp³-hybridized carbons (Fsp3) is 0.731. The summed E-state index contributed by atoms with van der Waals surface area (Å²) in [7, 11) is 0. The number of carbonyl (C=O) groups excluding carboxylic acids is 1. The zero-order valence-electron chi connectivity index (χ0n) is 20.7. The molecule has 5 fully saturated rings. The maximum absolute atomic E-state index is 11.9. The summed E-state index contributed by atoms with van der Waals surface area (Å²) in [5.74, 6) is 0.968. The first-order valence-electron chi connectivity index (χ1n) is 12.6. The van der Waals surface area contributed by atoms with Crippen LogP contribution in [0.4, 0.5) is 0 Å². The molecule has 4 aliphatic heterocycles. The topological polar surface area (TPSA) is 81.7 Å². The van der Waals surface area contributed by atoms with Crippen LogP contribution in [0.2, 0.25) is 0 Å². The summed E-state index contributed by atoms with van der Waals surface area (Å²) in [5.41, 5.74) is -0.618. The van der Waals surface area contributed by atoms with E-state index in [1.165, 1.54) is 0 Å². The van der Waals surface area contributed by atoms with Gasteiger partial charge in [0.15, 0.2) is 18.0 Å². The van der Waals surface area contributed by atoms with Crippen molar-refractivity contribution in [3.8, 4) is 11.5 Å². The van der Waals surface area contributed by atoms with Gasteiger partial charge in [-0.25, -0.2) is 14.6 Å². The number of hydrogen-bond acceptors (Lipinski definition) is 8. The SMILES string of the molecule is CCOC(=O)C(C)Oc1cccc(O[C@@H]2O[C@@H]3O[C@]4(C)CCC5[C@H](C)CCC([C@H]2C)[C@]53OO4)c1. The smallest absolute Gasteiger partial charge is 0.347 e. The van der Waals surface area contributed by atoms with Crippen LogP contribution in [0.25, 0.3) is 0 Å². The molecule has 8 heteroatoms. The Kier molecular flexibility index (Phi) is 6.29. The highest BCUT2D eigenvalue weighted by atomic mass is 17.3. The van der Waals surface area contributed by atoms with Gasteiger partial charge in [-0.15, -0.1) is 0 Å². The highest BCUT2D eigenvalue weighted by Crippen LogP contribution is 2.60. The van der Waals surface area contributed by atoms with E-state index in [2.05, 4.69) is 13.8 Å². The summed E-state index contributed by atoms with van der Waals surface area (Å²) in [6.07, 6.45) is 2.11. The molecule has 1 aromatic rings. The molecule has 188 valence electrons. The Bertz CT molecular complexity index is 907. The first kappa shape index (κ1) is 23.9. The molecule has 4 saturated heterocycles. The van der Waals surface area contributed by atoms with Gasteiger partial charge in [0.1, 0.15) is 11.5 Å². The Labute approximate surface area is 201 Å². The second-order valence-corrected chi connectivity index (χ2v) is 10.4. The van der Waals surface area contributed by atoms with Gasteiger partial charge in [-0.2, -0.15) is 0 Å². The lowest BCUT2D eigenvalue weighted by molar-refractivity contribution is -0.575. The lowest BCUT2D eigenvalue weighted by Gasteiger charge is -2.60. The number of esters is 1. The third-order valence-corrected chi connectivity index (χ3v) is 8.09. The summed E-state index contributed by atoms with van der Waals surface area (Å²) < 4.78 is 30.0. The van der Waals surface area contributed by atoms with E-state index in [1.54, 1.807) is 26.0 Å². The van der Waals surface area contributed by atoms with Crippen molar-refractivity contribution in [1.29, 1.82) is 0 Å². The molecule has 0 N–H and O–H groups in total. The van der Waals surface area contributed by atoms with Crippen molar-refractivity contribution in [2.45, 2.75) is 90.4 Å². The summed E-state index contributed by atoms with van der Waals surface area (Å²) in [6.45, 7) is 10.1. The minimum atomic E-state index is -0.820. The highest BCUT2D eigenvalue weighted by Gasteiger charge is 2.69. The van der Waals surface area contributed by atoms with E-state index in [0.717, 1.165) is 25.7 Å². The van der Waals surface area contributed by atoms with Crippen LogP contribution in [0, 0.1) is 23.7 Å². The third-order valence-electron chi connectivity index (χ3n) is 8.09. The van der Waals surface area contributed by atoms with Crippen molar-refractivity contribution < 1.29 is 38.3 Å². The largest absolute Gasteiger partial charge is 0.479 e. The predicted octanol–water partition coefficient (Wildman–Crippen LogP) is 4.60. The fourth-order valence-electron chi connectivity index (χ4n) is 6.27. The Hall–Kier alpha value is -1.87.